The molecule has 1 aromatic carbocycles. The third kappa shape index (κ3) is 2.27. The lowest BCUT2D eigenvalue weighted by Gasteiger charge is -2.20. The Morgan fingerprint density at radius 3 is 2.53 bits per heavy atom. The Morgan fingerprint density at radius 2 is 2.06 bits per heavy atom. The number of nitro groups is 1. The molecule has 0 spiro atoms. The van der Waals surface area contributed by atoms with Gasteiger partial charge >= 0.3 is 11.5 Å². The van der Waals surface area contributed by atoms with Crippen molar-refractivity contribution in [2.24, 2.45) is 0 Å². The highest BCUT2D eigenvalue weighted by molar-refractivity contribution is 5.81. The number of carbonyl (C=O) groups is 1. The summed E-state index contributed by atoms with van der Waals surface area (Å²) in [5.74, 6) is -0.834. The number of benzene rings is 1. The van der Waals surface area contributed by atoms with E-state index in [4.69, 9.17) is 4.74 Å². The standard InChI is InChI=1S/C12H15NO4/c1-4-17-11(14)12(3,13(15)16)10-8-6-5-7-9(10)2/h5-8H,4H2,1-3H3. The van der Waals surface area contributed by atoms with Gasteiger partial charge in [0.05, 0.1) is 6.61 Å². The molecule has 1 unspecified atom stereocenters. The van der Waals surface area contributed by atoms with Gasteiger partial charge < -0.3 is 4.74 Å². The van der Waals surface area contributed by atoms with Crippen LogP contribution in [0, 0.1) is 17.0 Å². The van der Waals surface area contributed by atoms with Gasteiger partial charge in [-0.2, -0.15) is 0 Å². The highest BCUT2D eigenvalue weighted by atomic mass is 16.6. The van der Waals surface area contributed by atoms with Crippen LogP contribution < -0.4 is 0 Å². The lowest BCUT2D eigenvalue weighted by molar-refractivity contribution is -0.559. The Bertz CT molecular complexity index is 444. The summed E-state index contributed by atoms with van der Waals surface area (Å²) in [5.41, 5.74) is -0.787. The molecule has 0 saturated heterocycles. The molecule has 0 amide bonds. The van der Waals surface area contributed by atoms with Crippen molar-refractivity contribution in [3.63, 3.8) is 0 Å². The van der Waals surface area contributed by atoms with E-state index in [2.05, 4.69) is 0 Å². The van der Waals surface area contributed by atoms with Crippen LogP contribution >= 0.6 is 0 Å². The molecule has 1 atom stereocenters. The van der Waals surface area contributed by atoms with Crippen LogP contribution in [0.15, 0.2) is 24.3 Å². The van der Waals surface area contributed by atoms with Crippen LogP contribution in [-0.2, 0) is 15.1 Å². The molecule has 0 aliphatic heterocycles. The molecule has 0 aliphatic rings. The minimum absolute atomic E-state index is 0.119. The second-order valence-corrected chi connectivity index (χ2v) is 3.86. The molecule has 92 valence electrons. The Balaban J connectivity index is 3.31. The van der Waals surface area contributed by atoms with Crippen LogP contribution in [0.3, 0.4) is 0 Å². The number of carbonyl (C=O) groups excluding carboxylic acids is 1. The molecule has 5 nitrogen and oxygen atoms in total. The van der Waals surface area contributed by atoms with E-state index in [9.17, 15) is 14.9 Å². The van der Waals surface area contributed by atoms with E-state index < -0.39 is 16.4 Å². The second-order valence-electron chi connectivity index (χ2n) is 3.86. The Hall–Kier alpha value is -1.91. The number of hydrogen-bond acceptors (Lipinski definition) is 4. The van der Waals surface area contributed by atoms with Crippen molar-refractivity contribution in [3.05, 3.63) is 45.5 Å². The quantitative estimate of drug-likeness (QED) is 0.456. The van der Waals surface area contributed by atoms with Gasteiger partial charge in [-0.05, 0) is 19.4 Å². The van der Waals surface area contributed by atoms with Crippen molar-refractivity contribution in [2.45, 2.75) is 26.3 Å². The third-order valence-electron chi connectivity index (χ3n) is 2.71. The fourth-order valence-corrected chi connectivity index (χ4v) is 1.67. The first-order valence-corrected chi connectivity index (χ1v) is 5.32. The summed E-state index contributed by atoms with van der Waals surface area (Å²) in [6.45, 7) is 4.74. The van der Waals surface area contributed by atoms with E-state index in [1.807, 2.05) is 0 Å². The molecule has 1 aromatic rings. The van der Waals surface area contributed by atoms with Gasteiger partial charge in [-0.15, -0.1) is 0 Å². The van der Waals surface area contributed by atoms with E-state index in [1.165, 1.54) is 6.92 Å². The summed E-state index contributed by atoms with van der Waals surface area (Å²) in [5, 5.41) is 11.2. The summed E-state index contributed by atoms with van der Waals surface area (Å²) in [4.78, 5) is 22.4. The number of ether oxygens (including phenoxy) is 1. The van der Waals surface area contributed by atoms with Crippen LogP contribution in [0.4, 0.5) is 0 Å². The van der Waals surface area contributed by atoms with Gasteiger partial charge in [-0.25, -0.2) is 4.79 Å². The highest BCUT2D eigenvalue weighted by Gasteiger charge is 2.50. The maximum absolute atomic E-state index is 11.8. The van der Waals surface area contributed by atoms with Gasteiger partial charge in [-0.1, -0.05) is 24.3 Å². The zero-order valence-electron chi connectivity index (χ0n) is 10.1. The molecule has 0 heterocycles. The first-order chi connectivity index (χ1) is 7.94. The number of esters is 1. The van der Waals surface area contributed by atoms with E-state index in [0.29, 0.717) is 11.1 Å². The largest absolute Gasteiger partial charge is 0.460 e. The average Bonchev–Trinajstić information content (AvgIpc) is 2.28. The smallest absolute Gasteiger partial charge is 0.389 e. The Labute approximate surface area is 99.5 Å². The zero-order chi connectivity index (χ0) is 13.1. The van der Waals surface area contributed by atoms with Crippen molar-refractivity contribution < 1.29 is 14.5 Å². The summed E-state index contributed by atoms with van der Waals surface area (Å²) in [6.07, 6.45) is 0. The minimum Gasteiger partial charge on any atom is -0.460 e. The van der Waals surface area contributed by atoms with Crippen LogP contribution in [0.5, 0.6) is 0 Å². The average molecular weight is 237 g/mol. The van der Waals surface area contributed by atoms with Crippen LogP contribution in [0.25, 0.3) is 0 Å². The molecule has 0 N–H and O–H groups in total. The third-order valence-corrected chi connectivity index (χ3v) is 2.71. The molecule has 0 aromatic heterocycles. The maximum Gasteiger partial charge on any atom is 0.389 e. The van der Waals surface area contributed by atoms with Gasteiger partial charge in [0.25, 0.3) is 0 Å². The van der Waals surface area contributed by atoms with Crippen molar-refractivity contribution in [3.8, 4) is 0 Å². The molecular formula is C12H15NO4. The van der Waals surface area contributed by atoms with E-state index >= 15 is 0 Å². The van der Waals surface area contributed by atoms with Crippen molar-refractivity contribution >= 4 is 5.97 Å². The number of aryl methyl sites for hydroxylation is 1. The summed E-state index contributed by atoms with van der Waals surface area (Å²) < 4.78 is 4.80. The molecule has 0 saturated carbocycles. The molecular weight excluding hydrogens is 222 g/mol. The van der Waals surface area contributed by atoms with Gasteiger partial charge in [0.1, 0.15) is 0 Å². The number of hydrogen-bond donors (Lipinski definition) is 0. The molecule has 5 heteroatoms. The van der Waals surface area contributed by atoms with E-state index in [-0.39, 0.29) is 6.61 Å². The first kappa shape index (κ1) is 13.2. The van der Waals surface area contributed by atoms with Crippen LogP contribution in [0.1, 0.15) is 25.0 Å². The predicted molar refractivity (Wildman–Crippen MR) is 62.2 cm³/mol. The lowest BCUT2D eigenvalue weighted by Crippen LogP contribution is -2.42. The summed E-state index contributed by atoms with van der Waals surface area (Å²) in [6, 6.07) is 6.75. The predicted octanol–water partition coefficient (Wildman–Crippen LogP) is 2.05. The fourth-order valence-electron chi connectivity index (χ4n) is 1.67. The Kier molecular flexibility index (Phi) is 3.83. The van der Waals surface area contributed by atoms with E-state index in [1.54, 1.807) is 38.1 Å². The molecule has 0 aliphatic carbocycles. The lowest BCUT2D eigenvalue weighted by atomic mass is 9.89. The highest BCUT2D eigenvalue weighted by Crippen LogP contribution is 2.28. The van der Waals surface area contributed by atoms with Crippen LogP contribution in [-0.4, -0.2) is 17.5 Å². The molecule has 17 heavy (non-hydrogen) atoms. The molecule has 1 rings (SSSR count). The normalized spacial score (nSPS) is 13.8. The van der Waals surface area contributed by atoms with Crippen LogP contribution in [0.2, 0.25) is 0 Å². The van der Waals surface area contributed by atoms with Gasteiger partial charge in [0.15, 0.2) is 0 Å². The van der Waals surface area contributed by atoms with Crippen molar-refractivity contribution in [2.75, 3.05) is 6.61 Å². The fraction of sp³-hybridized carbons (Fsp3) is 0.417. The van der Waals surface area contributed by atoms with E-state index in [0.717, 1.165) is 0 Å². The summed E-state index contributed by atoms with van der Waals surface area (Å²) >= 11 is 0. The Morgan fingerprint density at radius 1 is 1.47 bits per heavy atom. The molecule has 0 radical (unpaired) electrons. The van der Waals surface area contributed by atoms with Gasteiger partial charge in [0, 0.05) is 17.4 Å². The van der Waals surface area contributed by atoms with Gasteiger partial charge in [0.2, 0.25) is 0 Å². The summed E-state index contributed by atoms with van der Waals surface area (Å²) in [7, 11) is 0. The molecule has 0 bridgehead atoms. The zero-order valence-corrected chi connectivity index (χ0v) is 10.1. The SMILES string of the molecule is CCOC(=O)C(C)(c1ccccc1C)[N+](=O)[O-]. The minimum atomic E-state index is -1.85. The monoisotopic (exact) mass is 237 g/mol. The first-order valence-electron chi connectivity index (χ1n) is 5.32. The van der Waals surface area contributed by atoms with Crippen molar-refractivity contribution in [1.82, 2.24) is 0 Å². The number of nitrogens with zero attached hydrogens (tertiary/aromatic N) is 1. The number of rotatable bonds is 4. The second kappa shape index (κ2) is 4.95. The maximum atomic E-state index is 11.8. The molecule has 0 fully saturated rings. The van der Waals surface area contributed by atoms with Gasteiger partial charge in [-0.3, -0.25) is 10.1 Å². The topological polar surface area (TPSA) is 69.4 Å². The van der Waals surface area contributed by atoms with Crippen molar-refractivity contribution in [1.29, 1.82) is 0 Å².